The lowest BCUT2D eigenvalue weighted by molar-refractivity contribution is -0.143. The van der Waals surface area contributed by atoms with E-state index in [1.165, 1.54) is 49.5 Å². The van der Waals surface area contributed by atoms with Crippen LogP contribution in [0.3, 0.4) is 0 Å². The van der Waals surface area contributed by atoms with Crippen molar-refractivity contribution in [2.75, 3.05) is 27.3 Å². The Labute approximate surface area is 355 Å². The van der Waals surface area contributed by atoms with E-state index in [0.29, 0.717) is 19.3 Å². The Balaban J connectivity index is 1.52. The second-order valence-corrected chi connectivity index (χ2v) is 16.2. The van der Waals surface area contributed by atoms with Crippen molar-refractivity contribution in [2.24, 2.45) is 11.7 Å². The van der Waals surface area contributed by atoms with Gasteiger partial charge in [0.25, 0.3) is 11.8 Å². The molecule has 2 fully saturated rings. The minimum Gasteiger partial charge on any atom is -0.493 e. The molecule has 2 aliphatic rings. The van der Waals surface area contributed by atoms with Gasteiger partial charge in [-0.15, -0.1) is 0 Å². The molecule has 1 aliphatic heterocycles. The minimum absolute atomic E-state index is 0.0189. The number of carboxylic acids is 1. The topological polar surface area (TPSA) is 262 Å². The Bertz CT molecular complexity index is 1960. The molecule has 0 spiro atoms. The number of Topliss-reactive ketones (excluding diaryl/α,β-unsaturated/α-hetero) is 1. The van der Waals surface area contributed by atoms with Crippen LogP contribution in [0.5, 0.6) is 11.5 Å². The van der Waals surface area contributed by atoms with Gasteiger partial charge >= 0.3 is 5.97 Å². The summed E-state index contributed by atoms with van der Waals surface area (Å²) in [4.78, 5) is 108. The zero-order chi connectivity index (χ0) is 45.0. The molecule has 18 nitrogen and oxygen atoms in total. The second-order valence-electron chi connectivity index (χ2n) is 16.2. The van der Waals surface area contributed by atoms with Crippen LogP contribution in [0, 0.1) is 5.92 Å². The number of para-hydroxylation sites is 1. The van der Waals surface area contributed by atoms with Crippen molar-refractivity contribution in [3.05, 3.63) is 59.2 Å². The standard InChI is InChI=1S/C43H58N6O12/c1-7-14-29(35(51)40(55)45-22-32(50)47-34(37(44)52)28-19-13-20-31(59-5)36(28)60-6)46-39(54)30-21-25(61-43(2,3)4)23-49(30)41(56)33(24-15-9-8-10-16-24)48-38(53)26-17-11-12-18-27(26)42(57)58/h11-13,17-20,24-25,29-30,33-34H,7-10,14-16,21-23H2,1-6H3,(H2,44,52)(H,45,55)(H,46,54)(H,47,50)(H,48,53)(H,57,58)/t25-,29?,30+,33+,34?/m1/s1. The second kappa shape index (κ2) is 21.5. The maximum Gasteiger partial charge on any atom is 0.336 e. The monoisotopic (exact) mass is 850 g/mol. The lowest BCUT2D eigenvalue weighted by atomic mass is 9.83. The molecule has 0 aromatic heterocycles. The van der Waals surface area contributed by atoms with Gasteiger partial charge in [-0.05, 0) is 64.2 Å². The number of methoxy groups -OCH3 is 2. The van der Waals surface area contributed by atoms with Gasteiger partial charge in [0.1, 0.15) is 18.1 Å². The quantitative estimate of drug-likeness (QED) is 0.111. The number of ketones is 1. The molecule has 61 heavy (non-hydrogen) atoms. The van der Waals surface area contributed by atoms with E-state index in [0.717, 1.165) is 19.3 Å². The maximum atomic E-state index is 14.7. The fourth-order valence-corrected chi connectivity index (χ4v) is 7.87. The number of carbonyl (C=O) groups excluding carboxylic acids is 7. The highest BCUT2D eigenvalue weighted by molar-refractivity contribution is 6.38. The normalized spacial score (nSPS) is 18.2. The Kier molecular flexibility index (Phi) is 16.8. The summed E-state index contributed by atoms with van der Waals surface area (Å²) in [5, 5.41) is 19.9. The van der Waals surface area contributed by atoms with Crippen LogP contribution >= 0.6 is 0 Å². The zero-order valence-corrected chi connectivity index (χ0v) is 35.5. The third-order valence-corrected chi connectivity index (χ3v) is 10.6. The van der Waals surface area contributed by atoms with E-state index in [2.05, 4.69) is 21.3 Å². The highest BCUT2D eigenvalue weighted by Gasteiger charge is 2.46. The summed E-state index contributed by atoms with van der Waals surface area (Å²) in [6.45, 7) is 6.49. The number of nitrogens with one attached hydrogen (secondary N) is 4. The molecule has 2 aromatic rings. The minimum atomic E-state index is -1.38. The molecule has 0 radical (unpaired) electrons. The van der Waals surface area contributed by atoms with Crippen molar-refractivity contribution >= 4 is 47.2 Å². The number of benzene rings is 2. The number of carboxylic acid groups (broad SMARTS) is 1. The number of nitrogens with zero attached hydrogens (tertiary/aromatic N) is 1. The molecule has 18 heteroatoms. The summed E-state index contributed by atoms with van der Waals surface area (Å²) in [7, 11) is 2.74. The van der Waals surface area contributed by atoms with E-state index < -0.39 is 89.6 Å². The van der Waals surface area contributed by atoms with E-state index in [1.807, 2.05) is 20.8 Å². The number of amides is 6. The van der Waals surface area contributed by atoms with Gasteiger partial charge in [0.05, 0.1) is 49.6 Å². The fraction of sp³-hybridized carbons (Fsp3) is 0.535. The Morgan fingerprint density at radius 2 is 1.56 bits per heavy atom. The maximum absolute atomic E-state index is 14.7. The van der Waals surface area contributed by atoms with Crippen molar-refractivity contribution in [3.8, 4) is 11.5 Å². The largest absolute Gasteiger partial charge is 0.493 e. The molecule has 2 aromatic carbocycles. The molecular formula is C43H58N6O12. The number of hydrogen-bond acceptors (Lipinski definition) is 11. The average molecular weight is 851 g/mol. The highest BCUT2D eigenvalue weighted by Crippen LogP contribution is 2.35. The third-order valence-electron chi connectivity index (χ3n) is 10.6. The first-order chi connectivity index (χ1) is 28.9. The summed E-state index contributed by atoms with van der Waals surface area (Å²) < 4.78 is 16.9. The van der Waals surface area contributed by atoms with Gasteiger partial charge in [-0.25, -0.2) is 4.79 Å². The highest BCUT2D eigenvalue weighted by atomic mass is 16.5. The summed E-state index contributed by atoms with van der Waals surface area (Å²) in [6.07, 6.45) is 3.62. The van der Waals surface area contributed by atoms with Crippen LogP contribution in [0.15, 0.2) is 42.5 Å². The van der Waals surface area contributed by atoms with Gasteiger partial charge in [0.2, 0.25) is 29.4 Å². The molecule has 1 heterocycles. The Morgan fingerprint density at radius 1 is 0.885 bits per heavy atom. The first kappa shape index (κ1) is 47.6. The first-order valence-electron chi connectivity index (χ1n) is 20.4. The van der Waals surface area contributed by atoms with Crippen molar-refractivity contribution in [2.45, 2.75) is 115 Å². The SMILES string of the molecule is CCCC(NC(=O)[C@@H]1C[C@@H](OC(C)(C)C)CN1C(=O)[C@@H](NC(=O)c1ccccc1C(=O)O)C1CCCCC1)C(=O)C(=O)NCC(=O)NC(C(N)=O)c1cccc(OC)c1OC. The van der Waals surface area contributed by atoms with Crippen molar-refractivity contribution in [1.82, 2.24) is 26.2 Å². The molecule has 1 aliphatic carbocycles. The molecule has 7 N–H and O–H groups in total. The summed E-state index contributed by atoms with van der Waals surface area (Å²) in [5.41, 5.74) is 4.78. The van der Waals surface area contributed by atoms with Gasteiger partial charge < -0.3 is 51.2 Å². The number of likely N-dealkylation sites (tertiary alicyclic amines) is 1. The fourth-order valence-electron chi connectivity index (χ4n) is 7.87. The number of rotatable bonds is 19. The number of hydrogen-bond donors (Lipinski definition) is 6. The van der Waals surface area contributed by atoms with Gasteiger partial charge in [-0.3, -0.25) is 33.6 Å². The van der Waals surface area contributed by atoms with Crippen LogP contribution < -0.4 is 36.5 Å². The van der Waals surface area contributed by atoms with E-state index in [-0.39, 0.29) is 53.5 Å². The lowest BCUT2D eigenvalue weighted by Gasteiger charge is -2.35. The molecule has 4 rings (SSSR count). The first-order valence-corrected chi connectivity index (χ1v) is 20.4. The molecule has 1 saturated heterocycles. The predicted molar refractivity (Wildman–Crippen MR) is 220 cm³/mol. The van der Waals surface area contributed by atoms with Gasteiger partial charge in [-0.2, -0.15) is 0 Å². The number of primary amides is 1. The predicted octanol–water partition coefficient (Wildman–Crippen LogP) is 2.18. The average Bonchev–Trinajstić information content (AvgIpc) is 3.65. The van der Waals surface area contributed by atoms with E-state index >= 15 is 0 Å². The van der Waals surface area contributed by atoms with Crippen LogP contribution in [-0.2, 0) is 33.5 Å². The number of carbonyl (C=O) groups is 8. The molecular weight excluding hydrogens is 793 g/mol. The Morgan fingerprint density at radius 3 is 2.15 bits per heavy atom. The Hall–Kier alpha value is -6.04. The smallest absolute Gasteiger partial charge is 0.336 e. The number of nitrogens with two attached hydrogens (primary N) is 1. The molecule has 1 saturated carbocycles. The van der Waals surface area contributed by atoms with Crippen LogP contribution in [0.2, 0.25) is 0 Å². The number of ether oxygens (including phenoxy) is 3. The molecule has 2 unspecified atom stereocenters. The zero-order valence-electron chi connectivity index (χ0n) is 35.5. The summed E-state index contributed by atoms with van der Waals surface area (Å²) in [6, 6.07) is 5.33. The van der Waals surface area contributed by atoms with Crippen molar-refractivity contribution in [1.29, 1.82) is 0 Å². The van der Waals surface area contributed by atoms with Gasteiger partial charge in [0, 0.05) is 18.5 Å². The van der Waals surface area contributed by atoms with Crippen molar-refractivity contribution < 1.29 is 57.7 Å². The van der Waals surface area contributed by atoms with Crippen LogP contribution in [0.1, 0.15) is 111 Å². The number of aromatic carboxylic acids is 1. The van der Waals surface area contributed by atoms with E-state index in [4.69, 9.17) is 19.9 Å². The molecule has 5 atom stereocenters. The third kappa shape index (κ3) is 12.5. The van der Waals surface area contributed by atoms with Crippen molar-refractivity contribution in [3.63, 3.8) is 0 Å². The van der Waals surface area contributed by atoms with Crippen LogP contribution in [-0.4, -0.2) is 114 Å². The molecule has 332 valence electrons. The van der Waals surface area contributed by atoms with Gasteiger partial charge in [-0.1, -0.05) is 56.9 Å². The molecule has 0 bridgehead atoms. The molecule has 6 amide bonds. The lowest BCUT2D eigenvalue weighted by Crippen LogP contribution is -2.58. The van der Waals surface area contributed by atoms with Crippen LogP contribution in [0.4, 0.5) is 0 Å². The summed E-state index contributed by atoms with van der Waals surface area (Å²) in [5.74, 6) is -7.24. The van der Waals surface area contributed by atoms with E-state index in [1.54, 1.807) is 19.1 Å². The van der Waals surface area contributed by atoms with Gasteiger partial charge in [0.15, 0.2) is 11.5 Å². The van der Waals surface area contributed by atoms with E-state index in [9.17, 15) is 43.5 Å². The summed E-state index contributed by atoms with van der Waals surface area (Å²) >= 11 is 0. The van der Waals surface area contributed by atoms with Crippen LogP contribution in [0.25, 0.3) is 0 Å².